The topological polar surface area (TPSA) is 96.5 Å². The number of thiol groups is 1. The predicted octanol–water partition coefficient (Wildman–Crippen LogP) is 1.36. The molecule has 0 radical (unpaired) electrons. The number of hydrogen-bond donors (Lipinski definition) is 3. The molecule has 1 aromatic rings. The van der Waals surface area contributed by atoms with E-state index >= 15 is 0 Å². The molecule has 0 bridgehead atoms. The number of nitrogens with zero attached hydrogens (tertiary/aromatic N) is 2. The van der Waals surface area contributed by atoms with Gasteiger partial charge in [-0.2, -0.15) is 12.6 Å². The maximum atomic E-state index is 10.8. The highest BCUT2D eigenvalue weighted by molar-refractivity contribution is 7.80. The number of nitro groups is 1. The van der Waals surface area contributed by atoms with E-state index in [0.717, 1.165) is 6.07 Å². The molecular formula is C9H11ClN2O4S. The third-order valence-electron chi connectivity index (χ3n) is 2.13. The van der Waals surface area contributed by atoms with Gasteiger partial charge in [-0.25, -0.2) is 4.98 Å². The highest BCUT2D eigenvalue weighted by Crippen LogP contribution is 2.28. The molecule has 0 saturated heterocycles. The van der Waals surface area contributed by atoms with Crippen molar-refractivity contribution in [2.24, 2.45) is 0 Å². The van der Waals surface area contributed by atoms with E-state index < -0.39 is 22.8 Å². The lowest BCUT2D eigenvalue weighted by Crippen LogP contribution is -2.20. The number of hydrogen-bond acceptors (Lipinski definition) is 6. The van der Waals surface area contributed by atoms with Crippen LogP contribution in [0.5, 0.6) is 0 Å². The summed E-state index contributed by atoms with van der Waals surface area (Å²) in [7, 11) is 0. The maximum absolute atomic E-state index is 10.8. The lowest BCUT2D eigenvalue weighted by atomic mass is 10.1. The first-order valence-electron chi connectivity index (χ1n) is 4.74. The molecule has 0 aromatic carbocycles. The van der Waals surface area contributed by atoms with Gasteiger partial charge in [-0.3, -0.25) is 10.1 Å². The molecule has 2 unspecified atom stereocenters. The summed E-state index contributed by atoms with van der Waals surface area (Å²) in [5.41, 5.74) is -0.614. The lowest BCUT2D eigenvalue weighted by molar-refractivity contribution is -0.386. The number of halogens is 1. The van der Waals surface area contributed by atoms with Crippen molar-refractivity contribution < 1.29 is 15.1 Å². The predicted molar refractivity (Wildman–Crippen MR) is 65.3 cm³/mol. The lowest BCUT2D eigenvalue weighted by Gasteiger charge is -2.16. The Labute approximate surface area is 108 Å². The van der Waals surface area contributed by atoms with E-state index in [-0.39, 0.29) is 17.1 Å². The molecule has 6 nitrogen and oxygen atoms in total. The number of rotatable bonds is 5. The summed E-state index contributed by atoms with van der Waals surface area (Å²) in [5, 5.41) is 30.2. The van der Waals surface area contributed by atoms with Crippen molar-refractivity contribution in [2.45, 2.75) is 18.6 Å². The van der Waals surface area contributed by atoms with E-state index in [1.54, 1.807) is 0 Å². The minimum absolute atomic E-state index is 0.0938. The minimum Gasteiger partial charge on any atom is -0.390 e. The van der Waals surface area contributed by atoms with Crippen LogP contribution in [0.2, 0.25) is 5.02 Å². The Morgan fingerprint density at radius 2 is 2.24 bits per heavy atom. The van der Waals surface area contributed by atoms with Crippen LogP contribution in [0.15, 0.2) is 12.3 Å². The van der Waals surface area contributed by atoms with Crippen molar-refractivity contribution >= 4 is 29.9 Å². The summed E-state index contributed by atoms with van der Waals surface area (Å²) < 4.78 is 0. The molecule has 0 fully saturated rings. The third-order valence-corrected chi connectivity index (χ3v) is 2.60. The summed E-state index contributed by atoms with van der Waals surface area (Å²) in [6.45, 7) is 0. The average Bonchev–Trinajstić information content (AvgIpc) is 2.28. The van der Waals surface area contributed by atoms with Crippen molar-refractivity contribution in [3.63, 3.8) is 0 Å². The Hall–Kier alpha value is -0.890. The van der Waals surface area contributed by atoms with Crippen molar-refractivity contribution in [3.8, 4) is 0 Å². The molecule has 17 heavy (non-hydrogen) atoms. The zero-order chi connectivity index (χ0) is 13.0. The molecule has 1 rings (SSSR count). The second-order valence-electron chi connectivity index (χ2n) is 3.34. The maximum Gasteiger partial charge on any atom is 0.295 e. The number of aromatic nitrogens is 1. The molecule has 2 atom stereocenters. The Kier molecular flexibility index (Phi) is 5.13. The zero-order valence-electron chi connectivity index (χ0n) is 8.65. The third kappa shape index (κ3) is 3.53. The molecule has 1 heterocycles. The van der Waals surface area contributed by atoms with Gasteiger partial charge in [-0.1, -0.05) is 11.6 Å². The number of aliphatic hydroxyl groups excluding tert-OH is 2. The van der Waals surface area contributed by atoms with Crippen LogP contribution in [0, 0.1) is 10.1 Å². The highest BCUT2D eigenvalue weighted by atomic mass is 35.5. The smallest absolute Gasteiger partial charge is 0.295 e. The quantitative estimate of drug-likeness (QED) is 0.429. The number of pyridine rings is 1. The van der Waals surface area contributed by atoms with Gasteiger partial charge in [0.1, 0.15) is 11.8 Å². The first kappa shape index (κ1) is 14.2. The summed E-state index contributed by atoms with van der Waals surface area (Å²) >= 11 is 9.49. The van der Waals surface area contributed by atoms with E-state index in [4.69, 9.17) is 11.6 Å². The van der Waals surface area contributed by atoms with Crippen LogP contribution in [0.25, 0.3) is 0 Å². The molecule has 0 aliphatic carbocycles. The van der Waals surface area contributed by atoms with Gasteiger partial charge < -0.3 is 10.2 Å². The Balaban J connectivity index is 3.08. The summed E-state index contributed by atoms with van der Waals surface area (Å²) in [6.07, 6.45) is -1.20. The molecule has 0 aliphatic rings. The first-order chi connectivity index (χ1) is 7.97. The van der Waals surface area contributed by atoms with Crippen molar-refractivity contribution in [1.29, 1.82) is 0 Å². The molecule has 1 aromatic heterocycles. The largest absolute Gasteiger partial charge is 0.390 e. The monoisotopic (exact) mass is 278 g/mol. The van der Waals surface area contributed by atoms with E-state index in [9.17, 15) is 20.3 Å². The summed E-state index contributed by atoms with van der Waals surface area (Å²) in [6, 6.07) is 1.08. The minimum atomic E-state index is -1.43. The SMILES string of the molecule is O=[N+]([O-])c1cc(Cl)cnc1C(O)C(O)CCS. The van der Waals surface area contributed by atoms with Gasteiger partial charge in [0.2, 0.25) is 0 Å². The van der Waals surface area contributed by atoms with Crippen molar-refractivity contribution in [3.05, 3.63) is 33.1 Å². The summed E-state index contributed by atoms with van der Waals surface area (Å²) in [5.74, 6) is 0.347. The van der Waals surface area contributed by atoms with Crippen LogP contribution in [-0.2, 0) is 0 Å². The standard InChI is InChI=1S/C9H11ClN2O4S/c10-5-3-6(12(15)16)8(11-4-5)9(14)7(13)1-2-17/h3-4,7,9,13-14,17H,1-2H2. The van der Waals surface area contributed by atoms with Gasteiger partial charge in [0.05, 0.1) is 16.0 Å². The molecule has 8 heteroatoms. The Morgan fingerprint density at radius 3 is 2.76 bits per heavy atom. The fraction of sp³-hybridized carbons (Fsp3) is 0.444. The van der Waals surface area contributed by atoms with Crippen LogP contribution in [-0.4, -0.2) is 32.0 Å². The van der Waals surface area contributed by atoms with Gasteiger partial charge in [-0.05, 0) is 12.2 Å². The van der Waals surface area contributed by atoms with E-state index in [0.29, 0.717) is 5.75 Å². The van der Waals surface area contributed by atoms with Gasteiger partial charge in [0.15, 0.2) is 0 Å². The van der Waals surface area contributed by atoms with Gasteiger partial charge in [0, 0.05) is 12.3 Å². The van der Waals surface area contributed by atoms with E-state index in [1.165, 1.54) is 6.20 Å². The zero-order valence-corrected chi connectivity index (χ0v) is 10.3. The second-order valence-corrected chi connectivity index (χ2v) is 4.22. The normalized spacial score (nSPS) is 14.4. The molecule has 0 amide bonds. The van der Waals surface area contributed by atoms with Crippen LogP contribution >= 0.6 is 24.2 Å². The molecule has 0 spiro atoms. The van der Waals surface area contributed by atoms with E-state index in [2.05, 4.69) is 17.6 Å². The fourth-order valence-electron chi connectivity index (χ4n) is 1.29. The van der Waals surface area contributed by atoms with Crippen molar-refractivity contribution in [1.82, 2.24) is 4.98 Å². The van der Waals surface area contributed by atoms with Crippen LogP contribution < -0.4 is 0 Å². The van der Waals surface area contributed by atoms with Crippen LogP contribution in [0.3, 0.4) is 0 Å². The van der Waals surface area contributed by atoms with E-state index in [1.807, 2.05) is 0 Å². The second kappa shape index (κ2) is 6.15. The molecule has 94 valence electrons. The molecule has 2 N–H and O–H groups in total. The summed E-state index contributed by atoms with van der Waals surface area (Å²) in [4.78, 5) is 13.7. The van der Waals surface area contributed by atoms with Crippen LogP contribution in [0.1, 0.15) is 18.2 Å². The van der Waals surface area contributed by atoms with Gasteiger partial charge >= 0.3 is 0 Å². The fourth-order valence-corrected chi connectivity index (χ4v) is 1.70. The van der Waals surface area contributed by atoms with Gasteiger partial charge in [0.25, 0.3) is 5.69 Å². The molecule has 0 saturated carbocycles. The highest BCUT2D eigenvalue weighted by Gasteiger charge is 2.27. The Bertz CT molecular complexity index is 418. The molecular weight excluding hydrogens is 268 g/mol. The first-order valence-corrected chi connectivity index (χ1v) is 5.75. The average molecular weight is 279 g/mol. The molecule has 0 aliphatic heterocycles. The Morgan fingerprint density at radius 1 is 1.59 bits per heavy atom. The number of aliphatic hydroxyl groups is 2. The van der Waals surface area contributed by atoms with Crippen molar-refractivity contribution in [2.75, 3.05) is 5.75 Å². The van der Waals surface area contributed by atoms with Crippen LogP contribution in [0.4, 0.5) is 5.69 Å². The van der Waals surface area contributed by atoms with Gasteiger partial charge in [-0.15, -0.1) is 0 Å².